The van der Waals surface area contributed by atoms with Gasteiger partial charge in [0.25, 0.3) is 5.91 Å². The van der Waals surface area contributed by atoms with Gasteiger partial charge in [-0.25, -0.2) is 14.6 Å². The average Bonchev–Trinajstić information content (AvgIpc) is 3.45. The van der Waals surface area contributed by atoms with Crippen LogP contribution in [0.2, 0.25) is 0 Å². The smallest absolute Gasteiger partial charge is 0.255 e. The Morgan fingerprint density at radius 3 is 2.51 bits per heavy atom. The van der Waals surface area contributed by atoms with Crippen LogP contribution in [0.3, 0.4) is 0 Å². The number of hydrogen-bond donors (Lipinski definition) is 1. The molecular formula is C29H31N9O. The van der Waals surface area contributed by atoms with Crippen molar-refractivity contribution in [2.45, 2.75) is 26.2 Å². The number of amides is 1. The van der Waals surface area contributed by atoms with Gasteiger partial charge in [0.05, 0.1) is 23.4 Å². The Hall–Kier alpha value is -4.62. The predicted molar refractivity (Wildman–Crippen MR) is 150 cm³/mol. The zero-order valence-electron chi connectivity index (χ0n) is 22.6. The number of rotatable bonds is 6. The first-order valence-electron chi connectivity index (χ1n) is 12.8. The Morgan fingerprint density at radius 2 is 1.79 bits per heavy atom. The highest BCUT2D eigenvalue weighted by Crippen LogP contribution is 2.30. The van der Waals surface area contributed by atoms with Crippen molar-refractivity contribution in [2.75, 3.05) is 43.4 Å². The normalized spacial score (nSPS) is 14.2. The van der Waals surface area contributed by atoms with Gasteiger partial charge in [-0.1, -0.05) is 11.3 Å². The molecular weight excluding hydrogens is 490 g/mol. The molecule has 1 aliphatic heterocycles. The second-order valence-corrected chi connectivity index (χ2v) is 10.4. The van der Waals surface area contributed by atoms with E-state index in [1.807, 2.05) is 63.4 Å². The molecule has 1 saturated heterocycles. The molecule has 0 unspecified atom stereocenters. The number of anilines is 2. The first-order chi connectivity index (χ1) is 18.7. The number of hydrogen-bond acceptors (Lipinski definition) is 8. The molecule has 1 fully saturated rings. The molecule has 10 nitrogen and oxygen atoms in total. The van der Waals surface area contributed by atoms with Crippen molar-refractivity contribution in [3.63, 3.8) is 0 Å². The van der Waals surface area contributed by atoms with Crippen LogP contribution in [0, 0.1) is 18.3 Å². The minimum Gasteiger partial charge on any atom is -0.369 e. The number of aryl methyl sites for hydroxylation is 1. The lowest BCUT2D eigenvalue weighted by atomic mass is 9.85. The summed E-state index contributed by atoms with van der Waals surface area (Å²) in [6.45, 7) is 9.34. The fourth-order valence-electron chi connectivity index (χ4n) is 4.50. The molecule has 2 aromatic heterocycles. The molecule has 1 N–H and O–H groups in total. The summed E-state index contributed by atoms with van der Waals surface area (Å²) in [4.78, 5) is 26.2. The van der Waals surface area contributed by atoms with Crippen molar-refractivity contribution in [3.8, 4) is 23.0 Å². The lowest BCUT2D eigenvalue weighted by molar-refractivity contribution is 0.102. The van der Waals surface area contributed by atoms with Crippen LogP contribution in [0.4, 0.5) is 11.4 Å². The Balaban J connectivity index is 1.43. The quantitative estimate of drug-likeness (QED) is 0.407. The predicted octanol–water partition coefficient (Wildman–Crippen LogP) is 3.84. The van der Waals surface area contributed by atoms with E-state index in [4.69, 9.17) is 0 Å². The first-order valence-corrected chi connectivity index (χ1v) is 12.8. The molecule has 0 radical (unpaired) electrons. The zero-order chi connectivity index (χ0) is 27.6. The largest absolute Gasteiger partial charge is 0.369 e. The molecule has 3 heterocycles. The van der Waals surface area contributed by atoms with Crippen molar-refractivity contribution in [3.05, 3.63) is 78.0 Å². The fourth-order valence-corrected chi connectivity index (χ4v) is 4.50. The maximum absolute atomic E-state index is 13.5. The van der Waals surface area contributed by atoms with Crippen molar-refractivity contribution in [1.82, 2.24) is 29.9 Å². The fraction of sp³-hybridized carbons (Fsp3) is 0.310. The summed E-state index contributed by atoms with van der Waals surface area (Å²) >= 11 is 0. The van der Waals surface area contributed by atoms with Crippen molar-refractivity contribution in [2.24, 2.45) is 0 Å². The highest BCUT2D eigenvalue weighted by atomic mass is 16.1. The maximum atomic E-state index is 13.5. The van der Waals surface area contributed by atoms with E-state index in [9.17, 15) is 10.1 Å². The van der Waals surface area contributed by atoms with Crippen LogP contribution in [0.15, 0.2) is 61.3 Å². The highest BCUT2D eigenvalue weighted by Gasteiger charge is 2.24. The monoisotopic (exact) mass is 521 g/mol. The lowest BCUT2D eigenvalue weighted by Crippen LogP contribution is -2.44. The van der Waals surface area contributed by atoms with Crippen LogP contribution in [-0.2, 0) is 5.41 Å². The standard InChI is InChI=1S/C29H31N9O/c1-20-5-6-24(14-27(20)38-17-26(34-35-38)22-15-31-19-32-16-22)33-28(39)21-11-23(29(2,3)18-30)13-25(12-21)37-9-7-36(4)8-10-37/h5-6,11-17,19H,7-10H2,1-4H3,(H,33,39). The van der Waals surface area contributed by atoms with Crippen molar-refractivity contribution >= 4 is 17.3 Å². The third-order valence-corrected chi connectivity index (χ3v) is 7.11. The molecule has 0 spiro atoms. The highest BCUT2D eigenvalue weighted by molar-refractivity contribution is 6.05. The van der Waals surface area contributed by atoms with Crippen LogP contribution < -0.4 is 10.2 Å². The summed E-state index contributed by atoms with van der Waals surface area (Å²) in [6, 6.07) is 13.8. The minimum atomic E-state index is -0.733. The summed E-state index contributed by atoms with van der Waals surface area (Å²) in [5.41, 5.74) is 5.37. The van der Waals surface area contributed by atoms with E-state index in [-0.39, 0.29) is 5.91 Å². The SMILES string of the molecule is Cc1ccc(NC(=O)c2cc(N3CCN(C)CC3)cc(C(C)(C)C#N)c2)cc1-n1cc(-c2cncnc2)nn1. The number of benzene rings is 2. The van der Waals surface area contributed by atoms with Gasteiger partial charge in [-0.15, -0.1) is 5.10 Å². The first kappa shape index (κ1) is 26.0. The molecule has 0 atom stereocenters. The maximum Gasteiger partial charge on any atom is 0.255 e. The molecule has 4 aromatic rings. The molecule has 198 valence electrons. The molecule has 1 amide bonds. The number of carbonyl (C=O) groups excluding carboxylic acids is 1. The van der Waals surface area contributed by atoms with Crippen molar-refractivity contribution in [1.29, 1.82) is 5.26 Å². The number of carbonyl (C=O) groups is 1. The summed E-state index contributed by atoms with van der Waals surface area (Å²) in [5, 5.41) is 21.4. The van der Waals surface area contributed by atoms with E-state index < -0.39 is 5.41 Å². The third kappa shape index (κ3) is 5.63. The molecule has 5 rings (SSSR count). The molecule has 1 aliphatic rings. The third-order valence-electron chi connectivity index (χ3n) is 7.11. The minimum absolute atomic E-state index is 0.239. The van der Waals surface area contributed by atoms with Crippen molar-refractivity contribution < 1.29 is 4.79 Å². The van der Waals surface area contributed by atoms with Crippen LogP contribution in [-0.4, -0.2) is 69.0 Å². The number of aromatic nitrogens is 5. The lowest BCUT2D eigenvalue weighted by Gasteiger charge is -2.35. The summed E-state index contributed by atoms with van der Waals surface area (Å²) in [7, 11) is 2.11. The van der Waals surface area contributed by atoms with Crippen LogP contribution in [0.25, 0.3) is 16.9 Å². The molecule has 0 aliphatic carbocycles. The van der Waals surface area contributed by atoms with Gasteiger partial charge in [-0.05, 0) is 69.3 Å². The molecule has 0 bridgehead atoms. The van der Waals surface area contributed by atoms with E-state index in [0.717, 1.165) is 54.2 Å². The average molecular weight is 522 g/mol. The Kier molecular flexibility index (Phi) is 7.09. The van der Waals surface area contributed by atoms with E-state index in [0.29, 0.717) is 16.9 Å². The zero-order valence-corrected chi connectivity index (χ0v) is 22.6. The number of likely N-dealkylation sites (N-methyl/N-ethyl adjacent to an activating group) is 1. The van der Waals surface area contributed by atoms with Gasteiger partial charge in [0.15, 0.2) is 0 Å². The molecule has 0 saturated carbocycles. The van der Waals surface area contributed by atoms with Crippen LogP contribution in [0.1, 0.15) is 35.3 Å². The number of piperazine rings is 1. The van der Waals surface area contributed by atoms with Gasteiger partial charge in [0, 0.05) is 61.1 Å². The van der Waals surface area contributed by atoms with E-state index >= 15 is 0 Å². The Morgan fingerprint density at radius 1 is 1.05 bits per heavy atom. The molecule has 10 heteroatoms. The van der Waals surface area contributed by atoms with Gasteiger partial charge < -0.3 is 15.1 Å². The summed E-state index contributed by atoms with van der Waals surface area (Å²) in [6.07, 6.45) is 6.64. The number of nitriles is 1. The summed E-state index contributed by atoms with van der Waals surface area (Å²) in [5.74, 6) is -0.239. The van der Waals surface area contributed by atoms with Gasteiger partial charge in [-0.2, -0.15) is 5.26 Å². The van der Waals surface area contributed by atoms with Gasteiger partial charge in [0.1, 0.15) is 12.0 Å². The van der Waals surface area contributed by atoms with Crippen LogP contribution in [0.5, 0.6) is 0 Å². The molecule has 2 aromatic carbocycles. The van der Waals surface area contributed by atoms with Crippen LogP contribution >= 0.6 is 0 Å². The summed E-state index contributed by atoms with van der Waals surface area (Å²) < 4.78 is 1.68. The van der Waals surface area contributed by atoms with E-state index in [2.05, 4.69) is 48.5 Å². The number of nitrogens with zero attached hydrogens (tertiary/aromatic N) is 8. The van der Waals surface area contributed by atoms with Gasteiger partial charge in [-0.3, -0.25) is 4.79 Å². The second-order valence-electron chi connectivity index (χ2n) is 10.4. The van der Waals surface area contributed by atoms with Gasteiger partial charge in [0.2, 0.25) is 0 Å². The van der Waals surface area contributed by atoms with E-state index in [1.54, 1.807) is 17.1 Å². The Labute approximate surface area is 227 Å². The Bertz CT molecular complexity index is 1530. The second kappa shape index (κ2) is 10.6. The van der Waals surface area contributed by atoms with Gasteiger partial charge >= 0.3 is 0 Å². The van der Waals surface area contributed by atoms with E-state index in [1.165, 1.54) is 6.33 Å². The topological polar surface area (TPSA) is 116 Å². The molecule has 39 heavy (non-hydrogen) atoms. The number of nitrogens with one attached hydrogen (secondary N) is 1.